The topological polar surface area (TPSA) is 38.5 Å². The van der Waals surface area contributed by atoms with Crippen LogP contribution in [0.4, 0.5) is 0 Å². The summed E-state index contributed by atoms with van der Waals surface area (Å²) in [5.74, 6) is 0.929. The summed E-state index contributed by atoms with van der Waals surface area (Å²) in [4.78, 5) is 2.58. The molecule has 0 saturated heterocycles. The maximum atomic E-state index is 5.75. The van der Waals surface area contributed by atoms with Gasteiger partial charge in [0.15, 0.2) is 0 Å². The van der Waals surface area contributed by atoms with Crippen LogP contribution < -0.4 is 10.5 Å². The van der Waals surface area contributed by atoms with Crippen molar-refractivity contribution in [3.05, 3.63) is 29.8 Å². The minimum Gasteiger partial charge on any atom is -0.497 e. The van der Waals surface area contributed by atoms with Gasteiger partial charge in [-0.05, 0) is 37.0 Å². The monoisotopic (exact) mass is 262 g/mol. The van der Waals surface area contributed by atoms with E-state index < -0.39 is 0 Å². The third kappa shape index (κ3) is 4.22. The third-order valence-electron chi connectivity index (χ3n) is 4.10. The zero-order chi connectivity index (χ0) is 13.5. The fourth-order valence-electron chi connectivity index (χ4n) is 2.98. The second-order valence-electron chi connectivity index (χ2n) is 5.36. The summed E-state index contributed by atoms with van der Waals surface area (Å²) >= 11 is 0. The fourth-order valence-corrected chi connectivity index (χ4v) is 2.98. The molecule has 0 atom stereocenters. The van der Waals surface area contributed by atoms with Crippen molar-refractivity contribution in [1.29, 1.82) is 0 Å². The minimum absolute atomic E-state index is 0.763. The van der Waals surface area contributed by atoms with Crippen molar-refractivity contribution in [3.8, 4) is 5.75 Å². The van der Waals surface area contributed by atoms with E-state index in [9.17, 15) is 0 Å². The van der Waals surface area contributed by atoms with Gasteiger partial charge in [0, 0.05) is 25.7 Å². The molecule has 2 rings (SSSR count). The summed E-state index contributed by atoms with van der Waals surface area (Å²) in [6.45, 7) is 2.91. The summed E-state index contributed by atoms with van der Waals surface area (Å²) < 4.78 is 5.19. The summed E-state index contributed by atoms with van der Waals surface area (Å²) in [5.41, 5.74) is 7.12. The molecule has 0 bridgehead atoms. The molecule has 106 valence electrons. The van der Waals surface area contributed by atoms with E-state index in [0.29, 0.717) is 0 Å². The van der Waals surface area contributed by atoms with E-state index in [2.05, 4.69) is 17.0 Å². The average Bonchev–Trinajstić information content (AvgIpc) is 2.98. The van der Waals surface area contributed by atoms with Gasteiger partial charge in [0.2, 0.25) is 0 Å². The van der Waals surface area contributed by atoms with Gasteiger partial charge in [-0.2, -0.15) is 0 Å². The first-order chi connectivity index (χ1) is 9.33. The molecule has 1 aliphatic rings. The predicted molar refractivity (Wildman–Crippen MR) is 79.6 cm³/mol. The number of hydrogen-bond acceptors (Lipinski definition) is 3. The van der Waals surface area contributed by atoms with Crippen LogP contribution in [0.3, 0.4) is 0 Å². The quantitative estimate of drug-likeness (QED) is 0.820. The molecule has 1 aromatic carbocycles. The number of hydrogen-bond donors (Lipinski definition) is 1. The largest absolute Gasteiger partial charge is 0.497 e. The van der Waals surface area contributed by atoms with Gasteiger partial charge >= 0.3 is 0 Å². The molecule has 1 fully saturated rings. The lowest BCUT2D eigenvalue weighted by atomic mass is 10.1. The zero-order valence-corrected chi connectivity index (χ0v) is 12.0. The van der Waals surface area contributed by atoms with Crippen molar-refractivity contribution in [2.45, 2.75) is 38.1 Å². The molecule has 0 unspecified atom stereocenters. The fraction of sp³-hybridized carbons (Fsp3) is 0.625. The molecule has 0 heterocycles. The van der Waals surface area contributed by atoms with Gasteiger partial charge in [-0.3, -0.25) is 4.90 Å². The average molecular weight is 262 g/mol. The molecule has 0 amide bonds. The maximum Gasteiger partial charge on any atom is 0.118 e. The van der Waals surface area contributed by atoms with Crippen LogP contribution in [0.1, 0.15) is 31.2 Å². The van der Waals surface area contributed by atoms with E-state index in [0.717, 1.165) is 37.8 Å². The van der Waals surface area contributed by atoms with Crippen molar-refractivity contribution in [2.75, 3.05) is 26.7 Å². The highest BCUT2D eigenvalue weighted by atomic mass is 16.5. The number of benzene rings is 1. The Morgan fingerprint density at radius 3 is 2.42 bits per heavy atom. The van der Waals surface area contributed by atoms with Crippen LogP contribution in [0.5, 0.6) is 5.75 Å². The van der Waals surface area contributed by atoms with Gasteiger partial charge in [0.05, 0.1) is 7.11 Å². The van der Waals surface area contributed by atoms with Gasteiger partial charge in [-0.25, -0.2) is 0 Å². The highest BCUT2D eigenvalue weighted by molar-refractivity contribution is 5.27. The van der Waals surface area contributed by atoms with E-state index >= 15 is 0 Å². The molecule has 1 saturated carbocycles. The zero-order valence-electron chi connectivity index (χ0n) is 12.0. The number of nitrogens with zero attached hydrogens (tertiary/aromatic N) is 1. The lowest BCUT2D eigenvalue weighted by molar-refractivity contribution is 0.206. The first kappa shape index (κ1) is 14.4. The minimum atomic E-state index is 0.763. The number of ether oxygens (including phenoxy) is 1. The molecule has 3 heteroatoms. The number of nitrogens with two attached hydrogens (primary N) is 1. The van der Waals surface area contributed by atoms with Crippen LogP contribution in [0, 0.1) is 0 Å². The number of methoxy groups -OCH3 is 1. The standard InChI is InChI=1S/C16H26N2O/c1-19-16-8-6-14(7-9-16)10-12-18(13-11-17)15-4-2-3-5-15/h6-9,15H,2-5,10-13,17H2,1H3. The van der Waals surface area contributed by atoms with Crippen LogP contribution in [0.2, 0.25) is 0 Å². The third-order valence-corrected chi connectivity index (χ3v) is 4.10. The van der Waals surface area contributed by atoms with E-state index in [1.54, 1.807) is 7.11 Å². The van der Waals surface area contributed by atoms with Gasteiger partial charge < -0.3 is 10.5 Å². The Morgan fingerprint density at radius 2 is 1.84 bits per heavy atom. The Bertz CT molecular complexity index is 358. The van der Waals surface area contributed by atoms with Crippen molar-refractivity contribution in [2.24, 2.45) is 5.73 Å². The van der Waals surface area contributed by atoms with Crippen LogP contribution >= 0.6 is 0 Å². The van der Waals surface area contributed by atoms with Crippen molar-refractivity contribution in [1.82, 2.24) is 4.90 Å². The van der Waals surface area contributed by atoms with E-state index in [1.165, 1.54) is 31.2 Å². The Labute approximate surface area is 116 Å². The second kappa shape index (κ2) is 7.51. The van der Waals surface area contributed by atoms with Crippen molar-refractivity contribution >= 4 is 0 Å². The maximum absolute atomic E-state index is 5.75. The van der Waals surface area contributed by atoms with Gasteiger partial charge in [-0.1, -0.05) is 25.0 Å². The summed E-state index contributed by atoms with van der Waals surface area (Å²) in [6, 6.07) is 9.17. The molecule has 0 radical (unpaired) electrons. The Hall–Kier alpha value is -1.06. The lowest BCUT2D eigenvalue weighted by Crippen LogP contribution is -2.38. The molecule has 0 aromatic heterocycles. The second-order valence-corrected chi connectivity index (χ2v) is 5.36. The lowest BCUT2D eigenvalue weighted by Gasteiger charge is -2.28. The highest BCUT2D eigenvalue weighted by Gasteiger charge is 2.21. The Kier molecular flexibility index (Phi) is 5.67. The normalized spacial score (nSPS) is 16.2. The van der Waals surface area contributed by atoms with Gasteiger partial charge in [0.1, 0.15) is 5.75 Å². The van der Waals surface area contributed by atoms with Crippen LogP contribution in [-0.4, -0.2) is 37.7 Å². The summed E-state index contributed by atoms with van der Waals surface area (Å²) in [5, 5.41) is 0. The van der Waals surface area contributed by atoms with Crippen LogP contribution in [-0.2, 0) is 6.42 Å². The molecule has 19 heavy (non-hydrogen) atoms. The molecule has 1 aliphatic carbocycles. The molecule has 0 aliphatic heterocycles. The molecule has 1 aromatic rings. The summed E-state index contributed by atoms with van der Waals surface area (Å²) in [7, 11) is 1.71. The van der Waals surface area contributed by atoms with E-state index in [1.807, 2.05) is 12.1 Å². The predicted octanol–water partition coefficient (Wildman–Crippen LogP) is 2.44. The molecule has 3 nitrogen and oxygen atoms in total. The highest BCUT2D eigenvalue weighted by Crippen LogP contribution is 2.23. The first-order valence-electron chi connectivity index (χ1n) is 7.40. The molecule has 2 N–H and O–H groups in total. The molecule has 0 spiro atoms. The van der Waals surface area contributed by atoms with Crippen molar-refractivity contribution < 1.29 is 4.74 Å². The smallest absolute Gasteiger partial charge is 0.118 e. The van der Waals surface area contributed by atoms with Gasteiger partial charge in [0.25, 0.3) is 0 Å². The Morgan fingerprint density at radius 1 is 1.16 bits per heavy atom. The van der Waals surface area contributed by atoms with Crippen molar-refractivity contribution in [3.63, 3.8) is 0 Å². The van der Waals surface area contributed by atoms with Crippen LogP contribution in [0.15, 0.2) is 24.3 Å². The van der Waals surface area contributed by atoms with E-state index in [4.69, 9.17) is 10.5 Å². The summed E-state index contributed by atoms with van der Waals surface area (Å²) in [6.07, 6.45) is 6.56. The van der Waals surface area contributed by atoms with Gasteiger partial charge in [-0.15, -0.1) is 0 Å². The molecular weight excluding hydrogens is 236 g/mol. The van der Waals surface area contributed by atoms with Crippen LogP contribution in [0.25, 0.3) is 0 Å². The Balaban J connectivity index is 1.86. The first-order valence-corrected chi connectivity index (χ1v) is 7.40. The molecular formula is C16H26N2O. The number of rotatable bonds is 7. The SMILES string of the molecule is COc1ccc(CCN(CCN)C2CCCC2)cc1. The van der Waals surface area contributed by atoms with E-state index in [-0.39, 0.29) is 0 Å².